The van der Waals surface area contributed by atoms with Gasteiger partial charge in [-0.15, -0.1) is 6.58 Å². The average molecular weight is 213 g/mol. The van der Waals surface area contributed by atoms with Crippen molar-refractivity contribution in [2.24, 2.45) is 0 Å². The van der Waals surface area contributed by atoms with Gasteiger partial charge in [0, 0.05) is 0 Å². The number of alkyl carbamates (subject to hydrolysis) is 1. The molecule has 0 saturated heterocycles. The van der Waals surface area contributed by atoms with E-state index in [1.165, 1.54) is 6.08 Å². The maximum absolute atomic E-state index is 11.3. The van der Waals surface area contributed by atoms with E-state index in [-0.39, 0.29) is 12.6 Å². The molecule has 0 heterocycles. The van der Waals surface area contributed by atoms with Crippen LogP contribution in [0.1, 0.15) is 20.8 Å². The number of nitrogens with one attached hydrogen (secondary N) is 1. The van der Waals surface area contributed by atoms with Crippen molar-refractivity contribution in [2.45, 2.75) is 32.4 Å². The molecule has 0 radical (unpaired) electrons. The van der Waals surface area contributed by atoms with Crippen molar-refractivity contribution in [2.75, 3.05) is 6.61 Å². The van der Waals surface area contributed by atoms with Crippen molar-refractivity contribution in [3.05, 3.63) is 24.8 Å². The lowest BCUT2D eigenvalue weighted by Crippen LogP contribution is -2.37. The van der Waals surface area contributed by atoms with Crippen molar-refractivity contribution in [3.8, 4) is 0 Å². The largest absolute Gasteiger partial charge is 0.444 e. The molecule has 86 valence electrons. The highest BCUT2D eigenvalue weighted by atomic mass is 16.6. The van der Waals surface area contributed by atoms with Crippen molar-refractivity contribution in [3.63, 3.8) is 0 Å². The van der Waals surface area contributed by atoms with Crippen molar-refractivity contribution < 1.29 is 14.6 Å². The van der Waals surface area contributed by atoms with Crippen LogP contribution in [0.15, 0.2) is 24.8 Å². The molecule has 4 heteroatoms. The molecule has 0 aliphatic heterocycles. The summed E-state index contributed by atoms with van der Waals surface area (Å²) in [4.78, 5) is 11.3. The maximum atomic E-state index is 11.3. The van der Waals surface area contributed by atoms with Crippen LogP contribution in [-0.4, -0.2) is 29.4 Å². The first-order valence-corrected chi connectivity index (χ1v) is 4.78. The third-order valence-electron chi connectivity index (χ3n) is 1.39. The molecule has 0 aromatic rings. The van der Waals surface area contributed by atoms with Crippen molar-refractivity contribution in [1.29, 1.82) is 0 Å². The van der Waals surface area contributed by atoms with Crippen LogP contribution in [0.3, 0.4) is 0 Å². The van der Waals surface area contributed by atoms with Gasteiger partial charge in [-0.2, -0.15) is 0 Å². The summed E-state index contributed by atoms with van der Waals surface area (Å²) in [5, 5.41) is 11.1. The Morgan fingerprint density at radius 2 is 2.20 bits per heavy atom. The van der Waals surface area contributed by atoms with Gasteiger partial charge in [0.05, 0.1) is 12.6 Å². The molecule has 1 unspecified atom stereocenters. The molecule has 0 aliphatic rings. The summed E-state index contributed by atoms with van der Waals surface area (Å²) in [6, 6.07) is -0.327. The van der Waals surface area contributed by atoms with E-state index in [1.54, 1.807) is 32.9 Å². The number of rotatable bonds is 4. The second-order valence-corrected chi connectivity index (χ2v) is 4.02. The quantitative estimate of drug-likeness (QED) is 0.697. The minimum atomic E-state index is -0.517. The Labute approximate surface area is 90.6 Å². The average Bonchev–Trinajstić information content (AvgIpc) is 2.09. The Morgan fingerprint density at radius 1 is 1.60 bits per heavy atom. The Balaban J connectivity index is 4.13. The van der Waals surface area contributed by atoms with Crippen LogP contribution in [0.2, 0.25) is 0 Å². The molecule has 0 bridgehead atoms. The Hall–Kier alpha value is -1.29. The van der Waals surface area contributed by atoms with E-state index >= 15 is 0 Å². The fourth-order valence-corrected chi connectivity index (χ4v) is 0.837. The van der Waals surface area contributed by atoms with Gasteiger partial charge < -0.3 is 15.2 Å². The third-order valence-corrected chi connectivity index (χ3v) is 1.39. The zero-order valence-corrected chi connectivity index (χ0v) is 9.49. The van der Waals surface area contributed by atoms with E-state index in [4.69, 9.17) is 9.84 Å². The number of hydrogen-bond donors (Lipinski definition) is 2. The van der Waals surface area contributed by atoms with Gasteiger partial charge in [-0.1, -0.05) is 18.2 Å². The van der Waals surface area contributed by atoms with E-state index in [2.05, 4.69) is 11.9 Å². The maximum Gasteiger partial charge on any atom is 0.408 e. The van der Waals surface area contributed by atoms with Crippen LogP contribution in [0, 0.1) is 0 Å². The minimum absolute atomic E-state index is 0.0691. The molecule has 0 aromatic heterocycles. The predicted molar refractivity (Wildman–Crippen MR) is 59.6 cm³/mol. The predicted octanol–water partition coefficient (Wildman–Crippen LogP) is 1.61. The molecule has 0 saturated carbocycles. The van der Waals surface area contributed by atoms with E-state index in [0.29, 0.717) is 0 Å². The second kappa shape index (κ2) is 6.24. The molecular weight excluding hydrogens is 194 g/mol. The van der Waals surface area contributed by atoms with Gasteiger partial charge in [0.15, 0.2) is 0 Å². The fourth-order valence-electron chi connectivity index (χ4n) is 0.837. The van der Waals surface area contributed by atoms with Crippen LogP contribution in [0.5, 0.6) is 0 Å². The van der Waals surface area contributed by atoms with Crippen LogP contribution >= 0.6 is 0 Å². The summed E-state index contributed by atoms with van der Waals surface area (Å²) in [6.45, 7) is 8.86. The fraction of sp³-hybridized carbons (Fsp3) is 0.545. The number of aliphatic hydroxyl groups is 1. The number of aliphatic hydroxyl groups excluding tert-OH is 1. The highest BCUT2D eigenvalue weighted by Crippen LogP contribution is 2.06. The minimum Gasteiger partial charge on any atom is -0.444 e. The van der Waals surface area contributed by atoms with Crippen molar-refractivity contribution >= 4 is 6.09 Å². The highest BCUT2D eigenvalue weighted by molar-refractivity contribution is 5.68. The molecule has 0 aliphatic carbocycles. The Bertz CT molecular complexity index is 241. The molecule has 1 amide bonds. The summed E-state index contributed by atoms with van der Waals surface area (Å²) in [7, 11) is 0. The number of hydrogen-bond acceptors (Lipinski definition) is 3. The first kappa shape index (κ1) is 13.7. The van der Waals surface area contributed by atoms with Gasteiger partial charge in [0.25, 0.3) is 0 Å². The Morgan fingerprint density at radius 3 is 2.60 bits per heavy atom. The molecule has 2 N–H and O–H groups in total. The summed E-state index contributed by atoms with van der Waals surface area (Å²) < 4.78 is 5.06. The van der Waals surface area contributed by atoms with E-state index < -0.39 is 11.7 Å². The SMILES string of the molecule is C=CC(/C=C/CO)NC(=O)OC(C)(C)C. The van der Waals surface area contributed by atoms with E-state index in [9.17, 15) is 4.79 Å². The summed E-state index contributed by atoms with van der Waals surface area (Å²) in [5.41, 5.74) is -0.517. The second-order valence-electron chi connectivity index (χ2n) is 4.02. The molecule has 4 nitrogen and oxygen atoms in total. The van der Waals surface area contributed by atoms with E-state index in [0.717, 1.165) is 0 Å². The lowest BCUT2D eigenvalue weighted by molar-refractivity contribution is 0.0522. The monoisotopic (exact) mass is 213 g/mol. The van der Waals surface area contributed by atoms with Crippen LogP contribution in [-0.2, 0) is 4.74 Å². The Kier molecular flexibility index (Phi) is 5.70. The molecular formula is C11H19NO3. The molecule has 0 fully saturated rings. The smallest absolute Gasteiger partial charge is 0.408 e. The van der Waals surface area contributed by atoms with Gasteiger partial charge in [-0.3, -0.25) is 0 Å². The number of carbonyl (C=O) groups is 1. The lowest BCUT2D eigenvalue weighted by Gasteiger charge is -2.21. The first-order chi connectivity index (χ1) is 6.89. The van der Waals surface area contributed by atoms with Gasteiger partial charge in [0.2, 0.25) is 0 Å². The molecule has 0 aromatic carbocycles. The van der Waals surface area contributed by atoms with Crippen LogP contribution in [0.4, 0.5) is 4.79 Å². The normalized spacial score (nSPS) is 13.6. The van der Waals surface area contributed by atoms with Gasteiger partial charge in [-0.25, -0.2) is 4.79 Å². The number of ether oxygens (including phenoxy) is 1. The third kappa shape index (κ3) is 7.76. The van der Waals surface area contributed by atoms with Crippen LogP contribution < -0.4 is 5.32 Å². The number of amides is 1. The van der Waals surface area contributed by atoms with E-state index in [1.807, 2.05) is 0 Å². The van der Waals surface area contributed by atoms with Gasteiger partial charge in [0.1, 0.15) is 5.60 Å². The molecule has 1 atom stereocenters. The molecule has 0 rings (SSSR count). The summed E-state index contributed by atoms with van der Waals surface area (Å²) in [6.07, 6.45) is 4.21. The van der Waals surface area contributed by atoms with Crippen LogP contribution in [0.25, 0.3) is 0 Å². The number of carbonyl (C=O) groups excluding carboxylic acids is 1. The topological polar surface area (TPSA) is 58.6 Å². The summed E-state index contributed by atoms with van der Waals surface area (Å²) in [5.74, 6) is 0. The van der Waals surface area contributed by atoms with Crippen molar-refractivity contribution in [1.82, 2.24) is 5.32 Å². The molecule has 0 spiro atoms. The standard InChI is InChI=1S/C11H19NO3/c1-5-9(7-6-8-13)12-10(14)15-11(2,3)4/h5-7,9,13H,1,8H2,2-4H3,(H,12,14)/b7-6+. The zero-order valence-electron chi connectivity index (χ0n) is 9.49. The lowest BCUT2D eigenvalue weighted by atomic mass is 10.2. The van der Waals surface area contributed by atoms with Gasteiger partial charge >= 0.3 is 6.09 Å². The molecule has 15 heavy (non-hydrogen) atoms. The summed E-state index contributed by atoms with van der Waals surface area (Å²) >= 11 is 0. The zero-order chi connectivity index (χ0) is 11.9. The first-order valence-electron chi connectivity index (χ1n) is 4.78. The van der Waals surface area contributed by atoms with Gasteiger partial charge in [-0.05, 0) is 20.8 Å². The highest BCUT2D eigenvalue weighted by Gasteiger charge is 2.16.